The number of rotatable bonds is 15. The number of unbranched alkanes of at least 4 members (excludes halogenated alkanes) is 1. The molecule has 0 aromatic heterocycles. The summed E-state index contributed by atoms with van der Waals surface area (Å²) in [5.74, 6) is 0.825. The van der Waals surface area contributed by atoms with Crippen LogP contribution < -0.4 is 19.5 Å². The number of hydrogen-bond donors (Lipinski definition) is 2. The number of hydrogen-bond acceptors (Lipinski definition) is 8. The normalized spacial score (nSPS) is 17.7. The quantitative estimate of drug-likeness (QED) is 0.101. The van der Waals surface area contributed by atoms with Gasteiger partial charge in [-0.1, -0.05) is 84.9 Å². The first-order valence-corrected chi connectivity index (χ1v) is 22.6. The zero-order chi connectivity index (χ0) is 42.6. The summed E-state index contributed by atoms with van der Waals surface area (Å²) in [5, 5.41) is 3.28. The smallest absolute Gasteiger partial charge is 0.409 e. The SMILES string of the molecule is COCCCCC1(CNC(=O)[C@H]2C[C@@H](NS(=O)(=O)c3ccc(OC(C)C)cc3)CN(C(=O)OCC3c4ccccc4-c4ccccc43)C2)c2ccccc2Oc2ccccc21. The Hall–Kier alpha value is -5.69. The number of carbonyl (C=O) groups is 2. The largest absolute Gasteiger partial charge is 0.491 e. The number of benzene rings is 5. The predicted molar refractivity (Wildman–Crippen MR) is 234 cm³/mol. The van der Waals surface area contributed by atoms with Crippen molar-refractivity contribution in [2.75, 3.05) is 40.0 Å². The average Bonchev–Trinajstić information content (AvgIpc) is 3.59. The van der Waals surface area contributed by atoms with Gasteiger partial charge in [0, 0.05) is 61.9 Å². The van der Waals surface area contributed by atoms with Gasteiger partial charge in [0.15, 0.2) is 0 Å². The van der Waals surface area contributed by atoms with E-state index in [1.807, 2.05) is 74.5 Å². The summed E-state index contributed by atoms with van der Waals surface area (Å²) in [6, 6.07) is 37.5. The van der Waals surface area contributed by atoms with Gasteiger partial charge in [-0.15, -0.1) is 0 Å². The van der Waals surface area contributed by atoms with Gasteiger partial charge in [-0.05, 0) is 98.2 Å². The molecule has 2 N–H and O–H groups in total. The molecule has 0 radical (unpaired) electrons. The molecule has 0 bridgehead atoms. The van der Waals surface area contributed by atoms with Crippen LogP contribution in [-0.4, -0.2) is 77.4 Å². The zero-order valence-electron chi connectivity index (χ0n) is 34.8. The number of nitrogens with zero attached hydrogens (tertiary/aromatic N) is 1. The molecule has 2 amide bonds. The Bertz CT molecular complexity index is 2380. The Labute approximate surface area is 358 Å². The second-order valence-electron chi connectivity index (χ2n) is 16.4. The van der Waals surface area contributed by atoms with Crippen molar-refractivity contribution in [1.82, 2.24) is 14.9 Å². The molecule has 8 rings (SSSR count). The predicted octanol–water partition coefficient (Wildman–Crippen LogP) is 8.42. The summed E-state index contributed by atoms with van der Waals surface area (Å²) >= 11 is 0. The molecule has 2 aliphatic heterocycles. The van der Waals surface area contributed by atoms with E-state index in [9.17, 15) is 18.0 Å². The van der Waals surface area contributed by atoms with Gasteiger partial charge in [0.1, 0.15) is 23.9 Å². The molecule has 1 aliphatic carbocycles. The molecule has 318 valence electrons. The highest BCUT2D eigenvalue weighted by Gasteiger charge is 2.43. The maximum absolute atomic E-state index is 14.6. The third kappa shape index (κ3) is 8.89. The maximum Gasteiger partial charge on any atom is 0.409 e. The van der Waals surface area contributed by atoms with E-state index in [-0.39, 0.29) is 55.5 Å². The van der Waals surface area contributed by atoms with E-state index in [1.54, 1.807) is 19.2 Å². The van der Waals surface area contributed by atoms with Crippen LogP contribution in [0.5, 0.6) is 17.2 Å². The number of para-hydroxylation sites is 2. The molecule has 0 unspecified atom stereocenters. The Morgan fingerprint density at radius 3 is 2.03 bits per heavy atom. The molecular formula is C49H53N3O8S. The van der Waals surface area contributed by atoms with Crippen molar-refractivity contribution in [2.45, 2.75) is 67.9 Å². The molecule has 1 fully saturated rings. The maximum atomic E-state index is 14.6. The molecule has 0 saturated carbocycles. The molecule has 5 aromatic rings. The number of sulfonamides is 1. The number of amides is 2. The fourth-order valence-electron chi connectivity index (χ4n) is 9.24. The van der Waals surface area contributed by atoms with E-state index in [4.69, 9.17) is 18.9 Å². The highest BCUT2D eigenvalue weighted by molar-refractivity contribution is 7.89. The van der Waals surface area contributed by atoms with Crippen LogP contribution in [0.15, 0.2) is 126 Å². The van der Waals surface area contributed by atoms with Crippen LogP contribution in [0.1, 0.15) is 67.7 Å². The number of fused-ring (bicyclic) bond motifs is 5. The van der Waals surface area contributed by atoms with Crippen LogP contribution in [0.25, 0.3) is 11.1 Å². The summed E-state index contributed by atoms with van der Waals surface area (Å²) < 4.78 is 54.1. The van der Waals surface area contributed by atoms with Gasteiger partial charge in [-0.25, -0.2) is 17.9 Å². The first-order chi connectivity index (χ1) is 29.6. The first kappa shape index (κ1) is 42.0. The first-order valence-electron chi connectivity index (χ1n) is 21.1. The second-order valence-corrected chi connectivity index (χ2v) is 18.2. The number of piperidine rings is 1. The number of methoxy groups -OCH3 is 1. The van der Waals surface area contributed by atoms with Crippen LogP contribution in [0, 0.1) is 5.92 Å². The Balaban J connectivity index is 1.05. The van der Waals surface area contributed by atoms with E-state index in [1.165, 1.54) is 17.0 Å². The van der Waals surface area contributed by atoms with Crippen LogP contribution in [0.4, 0.5) is 4.79 Å². The van der Waals surface area contributed by atoms with Gasteiger partial charge in [0.25, 0.3) is 0 Å². The lowest BCUT2D eigenvalue weighted by molar-refractivity contribution is -0.127. The standard InChI is InChI=1S/C49H53N3O8S/c1-33(2)59-36-22-24-37(25-23-36)61(55,56)51-35-28-34(29-52(30-35)48(54)58-31-42-40-16-6-4-14-38(40)39-15-5-7-17-41(39)42)47(53)50-32-49(26-12-13-27-57-3)43-18-8-10-20-45(43)60-46-21-11-9-19-44(46)49/h4-11,14-25,33-35,42,51H,12-13,26-32H2,1-3H3,(H,50,53)/t34-,35+/m0/s1. The lowest BCUT2D eigenvalue weighted by Gasteiger charge is -2.41. The molecule has 2 heterocycles. The van der Waals surface area contributed by atoms with Crippen LogP contribution >= 0.6 is 0 Å². The molecule has 11 nitrogen and oxygen atoms in total. The number of likely N-dealkylation sites (tertiary alicyclic amines) is 1. The highest BCUT2D eigenvalue weighted by atomic mass is 32.2. The summed E-state index contributed by atoms with van der Waals surface area (Å²) in [7, 11) is -2.37. The van der Waals surface area contributed by atoms with Gasteiger partial charge in [0.05, 0.1) is 16.9 Å². The van der Waals surface area contributed by atoms with E-state index < -0.39 is 33.5 Å². The molecule has 3 aliphatic rings. The van der Waals surface area contributed by atoms with Crippen molar-refractivity contribution < 1.29 is 37.0 Å². The van der Waals surface area contributed by atoms with Crippen molar-refractivity contribution in [3.8, 4) is 28.4 Å². The Morgan fingerprint density at radius 2 is 1.41 bits per heavy atom. The fraction of sp³-hybridized carbons (Fsp3) is 0.347. The summed E-state index contributed by atoms with van der Waals surface area (Å²) in [4.78, 5) is 30.2. The lowest BCUT2D eigenvalue weighted by Crippen LogP contribution is -2.56. The molecule has 5 aromatic carbocycles. The molecule has 1 saturated heterocycles. The minimum atomic E-state index is -4.06. The number of carbonyl (C=O) groups excluding carboxylic acids is 2. The van der Waals surface area contributed by atoms with E-state index in [0.29, 0.717) is 18.8 Å². The second kappa shape index (κ2) is 18.1. The van der Waals surface area contributed by atoms with Crippen molar-refractivity contribution in [3.63, 3.8) is 0 Å². The molecular weight excluding hydrogens is 791 g/mol. The summed E-state index contributed by atoms with van der Waals surface area (Å²) in [6.07, 6.45) is 1.87. The van der Waals surface area contributed by atoms with Gasteiger partial charge >= 0.3 is 6.09 Å². The molecule has 0 spiro atoms. The summed E-state index contributed by atoms with van der Waals surface area (Å²) in [5.41, 5.74) is 5.71. The third-order valence-electron chi connectivity index (χ3n) is 12.0. The molecule has 12 heteroatoms. The van der Waals surface area contributed by atoms with E-state index in [2.05, 4.69) is 46.4 Å². The van der Waals surface area contributed by atoms with Crippen molar-refractivity contribution >= 4 is 22.0 Å². The van der Waals surface area contributed by atoms with Crippen molar-refractivity contribution in [1.29, 1.82) is 0 Å². The Kier molecular flexibility index (Phi) is 12.5. The van der Waals surface area contributed by atoms with Crippen LogP contribution in [-0.2, 0) is 29.7 Å². The average molecular weight is 844 g/mol. The highest BCUT2D eigenvalue weighted by Crippen LogP contribution is 2.50. The third-order valence-corrected chi connectivity index (χ3v) is 13.6. The minimum absolute atomic E-state index is 0.0236. The van der Waals surface area contributed by atoms with Crippen LogP contribution in [0.3, 0.4) is 0 Å². The topological polar surface area (TPSA) is 132 Å². The van der Waals surface area contributed by atoms with Gasteiger partial charge in [-0.2, -0.15) is 0 Å². The van der Waals surface area contributed by atoms with Gasteiger partial charge < -0.3 is 29.2 Å². The van der Waals surface area contributed by atoms with E-state index in [0.717, 1.165) is 57.7 Å². The van der Waals surface area contributed by atoms with E-state index >= 15 is 0 Å². The lowest BCUT2D eigenvalue weighted by atomic mass is 9.69. The van der Waals surface area contributed by atoms with Crippen LogP contribution in [0.2, 0.25) is 0 Å². The summed E-state index contributed by atoms with van der Waals surface area (Å²) in [6.45, 7) is 4.84. The molecule has 61 heavy (non-hydrogen) atoms. The minimum Gasteiger partial charge on any atom is -0.491 e. The van der Waals surface area contributed by atoms with Gasteiger partial charge in [0.2, 0.25) is 15.9 Å². The number of ether oxygens (including phenoxy) is 4. The Morgan fingerprint density at radius 1 is 0.803 bits per heavy atom. The monoisotopic (exact) mass is 843 g/mol. The number of nitrogens with one attached hydrogen (secondary N) is 2. The van der Waals surface area contributed by atoms with Crippen molar-refractivity contribution in [3.05, 3.63) is 144 Å². The van der Waals surface area contributed by atoms with Gasteiger partial charge in [-0.3, -0.25) is 4.79 Å². The zero-order valence-corrected chi connectivity index (χ0v) is 35.7. The fourth-order valence-corrected chi connectivity index (χ4v) is 10.5. The molecule has 2 atom stereocenters. The van der Waals surface area contributed by atoms with Crippen molar-refractivity contribution in [2.24, 2.45) is 5.92 Å².